The number of nitrogens with zero attached hydrogens (tertiary/aromatic N) is 1. The quantitative estimate of drug-likeness (QED) is 0.906. The maximum Gasteiger partial charge on any atom is 0.165 e. The number of hydrogen-bond acceptors (Lipinski definition) is 5. The summed E-state index contributed by atoms with van der Waals surface area (Å²) in [5.74, 6) is 3.00. The fraction of sp³-hybridized carbons (Fsp3) is 0.600. The van der Waals surface area contributed by atoms with Gasteiger partial charge in [-0.15, -0.1) is 0 Å². The fourth-order valence-electron chi connectivity index (χ4n) is 3.16. The van der Waals surface area contributed by atoms with Gasteiger partial charge in [-0.3, -0.25) is 4.90 Å². The van der Waals surface area contributed by atoms with Gasteiger partial charge in [-0.1, -0.05) is 0 Å². The highest BCUT2D eigenvalue weighted by Crippen LogP contribution is 2.44. The topological polar surface area (TPSA) is 57.0 Å². The molecule has 0 bridgehead atoms. The van der Waals surface area contributed by atoms with Crippen molar-refractivity contribution in [1.29, 1.82) is 0 Å². The van der Waals surface area contributed by atoms with E-state index in [1.165, 1.54) is 0 Å². The Bertz CT molecular complexity index is 492. The Hall–Kier alpha value is -1.46. The molecule has 2 heterocycles. The number of rotatable bonds is 3. The van der Waals surface area contributed by atoms with Gasteiger partial charge in [0.15, 0.2) is 11.5 Å². The summed E-state index contributed by atoms with van der Waals surface area (Å²) in [5.41, 5.74) is 6.98. The van der Waals surface area contributed by atoms with Crippen LogP contribution in [0.2, 0.25) is 0 Å². The van der Waals surface area contributed by atoms with Crippen LogP contribution in [0, 0.1) is 5.92 Å². The summed E-state index contributed by atoms with van der Waals surface area (Å²) in [6, 6.07) is 4.33. The monoisotopic (exact) mass is 278 g/mol. The van der Waals surface area contributed by atoms with Crippen LogP contribution in [-0.4, -0.2) is 45.4 Å². The maximum absolute atomic E-state index is 5.82. The minimum Gasteiger partial charge on any atom is -0.496 e. The van der Waals surface area contributed by atoms with Crippen molar-refractivity contribution < 1.29 is 14.2 Å². The molecule has 2 aliphatic heterocycles. The molecule has 0 amide bonds. The molecular formula is C15H22N2O3. The van der Waals surface area contributed by atoms with Crippen LogP contribution in [0.25, 0.3) is 0 Å². The smallest absolute Gasteiger partial charge is 0.165 e. The Morgan fingerprint density at radius 1 is 1.30 bits per heavy atom. The average molecular weight is 278 g/mol. The zero-order chi connectivity index (χ0) is 14.1. The molecule has 0 spiro atoms. The SMILES string of the molecule is COc1cc2c(cc1C1CC(CN)CN1C)OCCO2. The summed E-state index contributed by atoms with van der Waals surface area (Å²) in [7, 11) is 3.83. The van der Waals surface area contributed by atoms with Gasteiger partial charge in [0.25, 0.3) is 0 Å². The largest absolute Gasteiger partial charge is 0.496 e. The van der Waals surface area contributed by atoms with Crippen molar-refractivity contribution in [2.24, 2.45) is 11.7 Å². The molecule has 5 nitrogen and oxygen atoms in total. The fourth-order valence-corrected chi connectivity index (χ4v) is 3.16. The van der Waals surface area contributed by atoms with E-state index in [0.717, 1.165) is 42.3 Å². The highest BCUT2D eigenvalue weighted by molar-refractivity contribution is 5.52. The van der Waals surface area contributed by atoms with Gasteiger partial charge in [-0.25, -0.2) is 0 Å². The summed E-state index contributed by atoms with van der Waals surface area (Å²) in [6.45, 7) is 2.95. The summed E-state index contributed by atoms with van der Waals surface area (Å²) in [4.78, 5) is 2.34. The van der Waals surface area contributed by atoms with Gasteiger partial charge in [0.05, 0.1) is 7.11 Å². The summed E-state index contributed by atoms with van der Waals surface area (Å²) < 4.78 is 16.8. The lowest BCUT2D eigenvalue weighted by Gasteiger charge is -2.25. The molecule has 0 aliphatic carbocycles. The van der Waals surface area contributed by atoms with E-state index < -0.39 is 0 Å². The predicted octanol–water partition coefficient (Wildman–Crippen LogP) is 1.42. The van der Waals surface area contributed by atoms with Crippen LogP contribution in [0.15, 0.2) is 12.1 Å². The first-order valence-corrected chi connectivity index (χ1v) is 7.10. The van der Waals surface area contributed by atoms with Crippen molar-refractivity contribution >= 4 is 0 Å². The third-order valence-electron chi connectivity index (χ3n) is 4.22. The standard InChI is InChI=1S/C15H22N2O3/c1-17-9-10(8-16)5-12(17)11-6-14-15(7-13(11)18-2)20-4-3-19-14/h6-7,10,12H,3-5,8-9,16H2,1-2H3. The zero-order valence-corrected chi connectivity index (χ0v) is 12.1. The van der Waals surface area contributed by atoms with Crippen LogP contribution in [-0.2, 0) is 0 Å². The van der Waals surface area contributed by atoms with Gasteiger partial charge in [0.2, 0.25) is 0 Å². The second-order valence-corrected chi connectivity index (χ2v) is 5.53. The second kappa shape index (κ2) is 5.50. The molecule has 2 atom stereocenters. The molecule has 1 fully saturated rings. The van der Waals surface area contributed by atoms with Crippen molar-refractivity contribution in [3.8, 4) is 17.2 Å². The van der Waals surface area contributed by atoms with Gasteiger partial charge in [0.1, 0.15) is 19.0 Å². The van der Waals surface area contributed by atoms with Crippen molar-refractivity contribution in [1.82, 2.24) is 4.90 Å². The predicted molar refractivity (Wildman–Crippen MR) is 76.5 cm³/mol. The van der Waals surface area contributed by atoms with E-state index in [-0.39, 0.29) is 0 Å². The molecule has 0 aromatic heterocycles. The van der Waals surface area contributed by atoms with E-state index in [1.54, 1.807) is 7.11 Å². The molecule has 1 aromatic carbocycles. The number of fused-ring (bicyclic) bond motifs is 1. The van der Waals surface area contributed by atoms with Crippen LogP contribution in [0.4, 0.5) is 0 Å². The Morgan fingerprint density at radius 3 is 2.60 bits per heavy atom. The third kappa shape index (κ3) is 2.31. The maximum atomic E-state index is 5.82. The van der Waals surface area contributed by atoms with Gasteiger partial charge < -0.3 is 19.9 Å². The Morgan fingerprint density at radius 2 is 2.00 bits per heavy atom. The third-order valence-corrected chi connectivity index (χ3v) is 4.22. The van der Waals surface area contributed by atoms with Crippen molar-refractivity contribution in [2.45, 2.75) is 12.5 Å². The molecule has 1 aromatic rings. The highest BCUT2D eigenvalue weighted by Gasteiger charge is 2.32. The van der Waals surface area contributed by atoms with E-state index >= 15 is 0 Å². The van der Waals surface area contributed by atoms with Crippen LogP contribution in [0.3, 0.4) is 0 Å². The summed E-state index contributed by atoms with van der Waals surface area (Å²) >= 11 is 0. The Kier molecular flexibility index (Phi) is 3.72. The average Bonchev–Trinajstić information content (AvgIpc) is 2.86. The second-order valence-electron chi connectivity index (χ2n) is 5.53. The number of benzene rings is 1. The van der Waals surface area contributed by atoms with Crippen molar-refractivity contribution in [2.75, 3.05) is 40.5 Å². The van der Waals surface area contributed by atoms with Crippen molar-refractivity contribution in [3.05, 3.63) is 17.7 Å². The van der Waals surface area contributed by atoms with Crippen LogP contribution < -0.4 is 19.9 Å². The summed E-state index contributed by atoms with van der Waals surface area (Å²) in [6.07, 6.45) is 1.06. The van der Waals surface area contributed by atoms with E-state index in [9.17, 15) is 0 Å². The van der Waals surface area contributed by atoms with E-state index in [1.807, 2.05) is 6.07 Å². The number of ether oxygens (including phenoxy) is 3. The lowest BCUT2D eigenvalue weighted by atomic mass is 9.98. The van der Waals surface area contributed by atoms with Gasteiger partial charge >= 0.3 is 0 Å². The van der Waals surface area contributed by atoms with Crippen LogP contribution in [0.1, 0.15) is 18.0 Å². The van der Waals surface area contributed by atoms with E-state index in [4.69, 9.17) is 19.9 Å². The molecule has 2 aliphatic rings. The number of hydrogen-bond donors (Lipinski definition) is 1. The lowest BCUT2D eigenvalue weighted by Crippen LogP contribution is -2.21. The van der Waals surface area contributed by atoms with E-state index in [0.29, 0.717) is 25.2 Å². The minimum absolute atomic E-state index is 0.328. The number of methoxy groups -OCH3 is 1. The molecule has 20 heavy (non-hydrogen) atoms. The molecule has 110 valence electrons. The normalized spacial score (nSPS) is 25.8. The first-order chi connectivity index (χ1) is 9.72. The molecule has 2 N–H and O–H groups in total. The number of nitrogens with two attached hydrogens (primary N) is 1. The first-order valence-electron chi connectivity index (χ1n) is 7.10. The van der Waals surface area contributed by atoms with Gasteiger partial charge in [-0.2, -0.15) is 0 Å². The van der Waals surface area contributed by atoms with Crippen molar-refractivity contribution in [3.63, 3.8) is 0 Å². The molecule has 5 heteroatoms. The number of likely N-dealkylation sites (tertiary alicyclic amines) is 1. The molecule has 0 saturated carbocycles. The van der Waals surface area contributed by atoms with Crippen LogP contribution in [0.5, 0.6) is 17.2 Å². The molecular weight excluding hydrogens is 256 g/mol. The first kappa shape index (κ1) is 13.5. The van der Waals surface area contributed by atoms with E-state index in [2.05, 4.69) is 18.0 Å². The van der Waals surface area contributed by atoms with Gasteiger partial charge in [-0.05, 0) is 32.0 Å². The molecule has 3 rings (SSSR count). The van der Waals surface area contributed by atoms with Crippen LogP contribution >= 0.6 is 0 Å². The minimum atomic E-state index is 0.328. The van der Waals surface area contributed by atoms with Gasteiger partial charge in [0, 0.05) is 24.2 Å². The molecule has 2 unspecified atom stereocenters. The molecule has 1 saturated heterocycles. The Labute approximate surface area is 119 Å². The molecule has 0 radical (unpaired) electrons. The zero-order valence-electron chi connectivity index (χ0n) is 12.1. The summed E-state index contributed by atoms with van der Waals surface area (Å²) in [5, 5.41) is 0. The lowest BCUT2D eigenvalue weighted by molar-refractivity contribution is 0.170. The Balaban J connectivity index is 1.95. The highest BCUT2D eigenvalue weighted by atomic mass is 16.6.